The van der Waals surface area contributed by atoms with Crippen molar-refractivity contribution in [2.45, 2.75) is 6.54 Å². The Labute approximate surface area is 137 Å². The molecule has 1 aromatic carbocycles. The largest absolute Gasteiger partial charge is 0.495 e. The first-order chi connectivity index (χ1) is 11.2. The maximum atomic E-state index is 6.01. The maximum Gasteiger partial charge on any atom is 0.245 e. The maximum absolute atomic E-state index is 6.01. The summed E-state index contributed by atoms with van der Waals surface area (Å²) >= 11 is 6.01. The molecule has 3 aromatic rings. The smallest absolute Gasteiger partial charge is 0.245 e. The van der Waals surface area contributed by atoms with Gasteiger partial charge in [0.1, 0.15) is 11.5 Å². The first kappa shape index (κ1) is 15.1. The van der Waals surface area contributed by atoms with E-state index in [9.17, 15) is 0 Å². The highest BCUT2D eigenvalue weighted by molar-refractivity contribution is 6.31. The van der Waals surface area contributed by atoms with Crippen LogP contribution in [0, 0.1) is 0 Å². The van der Waals surface area contributed by atoms with Gasteiger partial charge >= 0.3 is 0 Å². The van der Waals surface area contributed by atoms with Crippen molar-refractivity contribution >= 4 is 29.1 Å². The van der Waals surface area contributed by atoms with Gasteiger partial charge in [0.25, 0.3) is 0 Å². The first-order valence-corrected chi connectivity index (χ1v) is 7.19. The van der Waals surface area contributed by atoms with Crippen LogP contribution >= 0.6 is 11.6 Å². The number of rotatable bonds is 6. The number of nitrogens with zero attached hydrogens (tertiary/aromatic N) is 3. The average molecular weight is 332 g/mol. The molecule has 0 aliphatic heterocycles. The molecule has 0 unspecified atom stereocenters. The lowest BCUT2D eigenvalue weighted by Crippen LogP contribution is -2.06. The Morgan fingerprint density at radius 3 is 3.00 bits per heavy atom. The summed E-state index contributed by atoms with van der Waals surface area (Å²) in [5.74, 6) is 2.33. The molecule has 7 nitrogen and oxygen atoms in total. The van der Waals surface area contributed by atoms with Crippen molar-refractivity contribution in [1.29, 1.82) is 0 Å². The van der Waals surface area contributed by atoms with Crippen LogP contribution in [0.3, 0.4) is 0 Å². The summed E-state index contributed by atoms with van der Waals surface area (Å²) in [7, 11) is 1.59. The number of nitrogens with one attached hydrogen (secondary N) is 2. The highest BCUT2D eigenvalue weighted by Crippen LogP contribution is 2.29. The summed E-state index contributed by atoms with van der Waals surface area (Å²) < 4.78 is 10.5. The van der Waals surface area contributed by atoms with E-state index >= 15 is 0 Å². The van der Waals surface area contributed by atoms with E-state index in [1.807, 2.05) is 12.1 Å². The van der Waals surface area contributed by atoms with Crippen molar-refractivity contribution < 1.29 is 9.15 Å². The monoisotopic (exact) mass is 331 g/mol. The molecule has 2 N–H and O–H groups in total. The van der Waals surface area contributed by atoms with Gasteiger partial charge in [-0.05, 0) is 30.3 Å². The fourth-order valence-corrected chi connectivity index (χ4v) is 2.11. The van der Waals surface area contributed by atoms with Gasteiger partial charge in [-0.3, -0.25) is 0 Å². The predicted molar refractivity (Wildman–Crippen MR) is 87.1 cm³/mol. The predicted octanol–water partition coefficient (Wildman–Crippen LogP) is 3.48. The summed E-state index contributed by atoms with van der Waals surface area (Å²) in [6.45, 7) is 0.471. The van der Waals surface area contributed by atoms with Crippen molar-refractivity contribution in [3.8, 4) is 5.75 Å². The van der Waals surface area contributed by atoms with Gasteiger partial charge in [0, 0.05) is 5.02 Å². The van der Waals surface area contributed by atoms with E-state index in [1.54, 1.807) is 31.6 Å². The van der Waals surface area contributed by atoms with E-state index in [2.05, 4.69) is 25.8 Å². The number of furan rings is 1. The fraction of sp³-hybridized carbons (Fsp3) is 0.133. The summed E-state index contributed by atoms with van der Waals surface area (Å²) in [5, 5.41) is 14.6. The number of hydrogen-bond donors (Lipinski definition) is 2. The fourth-order valence-electron chi connectivity index (χ4n) is 1.93. The third-order valence-electron chi connectivity index (χ3n) is 2.98. The molecule has 0 aliphatic rings. The van der Waals surface area contributed by atoms with Gasteiger partial charge in [0.2, 0.25) is 5.95 Å². The lowest BCUT2D eigenvalue weighted by molar-refractivity contribution is 0.417. The van der Waals surface area contributed by atoms with Crippen LogP contribution in [-0.2, 0) is 6.54 Å². The Hall–Kier alpha value is -2.80. The number of halogens is 1. The number of methoxy groups -OCH3 is 1. The Balaban J connectivity index is 1.73. The summed E-state index contributed by atoms with van der Waals surface area (Å²) in [6.07, 6.45) is 3.12. The lowest BCUT2D eigenvalue weighted by Gasteiger charge is -2.11. The van der Waals surface area contributed by atoms with Crippen LogP contribution < -0.4 is 15.4 Å². The van der Waals surface area contributed by atoms with Gasteiger partial charge in [-0.15, -0.1) is 5.10 Å². The van der Waals surface area contributed by atoms with Gasteiger partial charge in [0.15, 0.2) is 5.82 Å². The van der Waals surface area contributed by atoms with Crippen molar-refractivity contribution in [3.63, 3.8) is 0 Å². The van der Waals surface area contributed by atoms with E-state index in [0.717, 1.165) is 5.76 Å². The van der Waals surface area contributed by atoms with Crippen LogP contribution in [0.2, 0.25) is 5.02 Å². The van der Waals surface area contributed by atoms with E-state index in [4.69, 9.17) is 20.8 Å². The minimum atomic E-state index is 0.382. The molecule has 0 fully saturated rings. The zero-order valence-corrected chi connectivity index (χ0v) is 13.0. The number of benzene rings is 1. The molecule has 0 amide bonds. The molecule has 0 saturated carbocycles. The molecular formula is C15H14ClN5O2. The molecule has 118 valence electrons. The van der Waals surface area contributed by atoms with Gasteiger partial charge in [-0.2, -0.15) is 10.1 Å². The molecular weight excluding hydrogens is 318 g/mol. The second-order valence-corrected chi connectivity index (χ2v) is 5.00. The third kappa shape index (κ3) is 3.89. The lowest BCUT2D eigenvalue weighted by atomic mass is 10.3. The molecule has 8 heteroatoms. The summed E-state index contributed by atoms with van der Waals surface area (Å²) in [4.78, 5) is 4.34. The molecule has 23 heavy (non-hydrogen) atoms. The Morgan fingerprint density at radius 2 is 2.22 bits per heavy atom. The Kier molecular flexibility index (Phi) is 4.58. The molecule has 0 spiro atoms. The van der Waals surface area contributed by atoms with Gasteiger partial charge in [-0.25, -0.2) is 0 Å². The molecule has 0 saturated heterocycles. The van der Waals surface area contributed by atoms with E-state index in [0.29, 0.717) is 34.8 Å². The SMILES string of the molecule is COc1ccc(Cl)cc1Nc1cnnc(NCc2ccco2)n1. The zero-order chi connectivity index (χ0) is 16.1. The average Bonchev–Trinajstić information content (AvgIpc) is 3.07. The van der Waals surface area contributed by atoms with Crippen LogP contribution in [0.5, 0.6) is 5.75 Å². The molecule has 0 aliphatic carbocycles. The summed E-state index contributed by atoms with van der Waals surface area (Å²) in [5.41, 5.74) is 0.692. The quantitative estimate of drug-likeness (QED) is 0.715. The van der Waals surface area contributed by atoms with Crippen LogP contribution in [0.25, 0.3) is 0 Å². The number of anilines is 3. The first-order valence-electron chi connectivity index (χ1n) is 6.81. The molecule has 3 rings (SSSR count). The van der Waals surface area contributed by atoms with Gasteiger partial charge in [-0.1, -0.05) is 11.6 Å². The zero-order valence-electron chi connectivity index (χ0n) is 12.3. The van der Waals surface area contributed by atoms with Crippen LogP contribution in [-0.4, -0.2) is 22.3 Å². The topological polar surface area (TPSA) is 85.1 Å². The number of ether oxygens (including phenoxy) is 1. The highest BCUT2D eigenvalue weighted by atomic mass is 35.5. The van der Waals surface area contributed by atoms with Crippen LogP contribution in [0.15, 0.2) is 47.2 Å². The van der Waals surface area contributed by atoms with Crippen LogP contribution in [0.4, 0.5) is 17.5 Å². The number of hydrogen-bond acceptors (Lipinski definition) is 7. The van der Waals surface area contributed by atoms with Gasteiger partial charge < -0.3 is 19.8 Å². The van der Waals surface area contributed by atoms with Gasteiger partial charge in [0.05, 0.1) is 31.8 Å². The third-order valence-corrected chi connectivity index (χ3v) is 3.22. The van der Waals surface area contributed by atoms with Crippen molar-refractivity contribution in [3.05, 3.63) is 53.6 Å². The normalized spacial score (nSPS) is 10.3. The standard InChI is InChI=1S/C15H14ClN5O2/c1-22-13-5-4-10(16)7-12(13)19-14-9-18-21-15(20-14)17-8-11-3-2-6-23-11/h2-7,9H,8H2,1H3,(H2,17,19,20,21). The molecule has 0 atom stereocenters. The minimum Gasteiger partial charge on any atom is -0.495 e. The molecule has 2 heterocycles. The highest BCUT2D eigenvalue weighted by Gasteiger charge is 2.07. The van der Waals surface area contributed by atoms with Crippen LogP contribution in [0.1, 0.15) is 5.76 Å². The molecule has 2 aromatic heterocycles. The van der Waals surface area contributed by atoms with Crippen molar-refractivity contribution in [2.75, 3.05) is 17.7 Å². The second-order valence-electron chi connectivity index (χ2n) is 4.57. The van der Waals surface area contributed by atoms with E-state index in [-0.39, 0.29) is 0 Å². The Bertz CT molecular complexity index is 779. The van der Waals surface area contributed by atoms with E-state index < -0.39 is 0 Å². The molecule has 0 bridgehead atoms. The minimum absolute atomic E-state index is 0.382. The van der Waals surface area contributed by atoms with Crippen molar-refractivity contribution in [2.24, 2.45) is 0 Å². The second kappa shape index (κ2) is 6.97. The summed E-state index contributed by atoms with van der Waals surface area (Å²) in [6, 6.07) is 8.95. The Morgan fingerprint density at radius 1 is 1.30 bits per heavy atom. The number of aromatic nitrogens is 3. The van der Waals surface area contributed by atoms with E-state index in [1.165, 1.54) is 6.20 Å². The molecule has 0 radical (unpaired) electrons. The van der Waals surface area contributed by atoms with Crippen molar-refractivity contribution in [1.82, 2.24) is 15.2 Å².